The fourth-order valence-corrected chi connectivity index (χ4v) is 6.34. The van der Waals surface area contributed by atoms with E-state index in [9.17, 15) is 0 Å². The van der Waals surface area contributed by atoms with Gasteiger partial charge in [-0.1, -0.05) is 81.4 Å². The number of aryl methyl sites for hydroxylation is 2. The maximum absolute atomic E-state index is 8.76. The highest BCUT2D eigenvalue weighted by Gasteiger charge is 2.25. The quantitative estimate of drug-likeness (QED) is 0.207. The molecular weight excluding hydrogens is 472 g/mol. The second-order valence-electron chi connectivity index (χ2n) is 11.7. The van der Waals surface area contributed by atoms with Crippen molar-refractivity contribution < 1.29 is 5.94 Å². The van der Waals surface area contributed by atoms with Crippen LogP contribution in [-0.4, -0.2) is 4.57 Å². The molecule has 2 heteroatoms. The predicted octanol–water partition coefficient (Wildman–Crippen LogP) is 9.19. The number of nitrogens with zero attached hydrogens (tertiary/aromatic N) is 2. The zero-order valence-corrected chi connectivity index (χ0v) is 23.2. The van der Waals surface area contributed by atoms with Crippen molar-refractivity contribution in [2.75, 3.05) is 0 Å². The highest BCUT2D eigenvalue weighted by atomic mass is 15.0. The second-order valence-corrected chi connectivity index (χ2v) is 11.7. The SMILES string of the molecule is [2H]c1cccc2c3ccccc3n(-c3ccc4c(-c5cc(C(C)(C)C)c6ccccc6c5C)[n+](C)ccc4c3)c12. The van der Waals surface area contributed by atoms with Crippen LogP contribution in [0.2, 0.25) is 0 Å². The number of aromatic nitrogens is 2. The monoisotopic (exact) mass is 506 g/mol. The molecule has 0 aliphatic carbocycles. The molecule has 7 rings (SSSR count). The molecular formula is C37H33N2+. The Morgan fingerprint density at radius 2 is 1.36 bits per heavy atom. The van der Waals surface area contributed by atoms with Gasteiger partial charge in [-0.25, -0.2) is 4.57 Å². The van der Waals surface area contributed by atoms with Crippen molar-refractivity contribution >= 4 is 43.4 Å². The minimum atomic E-state index is 0.0167. The average molecular weight is 507 g/mol. The lowest BCUT2D eigenvalue weighted by atomic mass is 9.80. The van der Waals surface area contributed by atoms with Crippen LogP contribution in [0, 0.1) is 6.92 Å². The van der Waals surface area contributed by atoms with Crippen molar-refractivity contribution in [3.63, 3.8) is 0 Å². The largest absolute Gasteiger partial charge is 0.309 e. The van der Waals surface area contributed by atoms with Gasteiger partial charge in [0.15, 0.2) is 6.20 Å². The maximum Gasteiger partial charge on any atom is 0.220 e. The van der Waals surface area contributed by atoms with Crippen molar-refractivity contribution in [1.29, 1.82) is 0 Å². The van der Waals surface area contributed by atoms with Crippen LogP contribution in [0.25, 0.3) is 60.3 Å². The Bertz CT molecular complexity index is 2130. The molecule has 2 nitrogen and oxygen atoms in total. The van der Waals surface area contributed by atoms with E-state index < -0.39 is 0 Å². The van der Waals surface area contributed by atoms with Gasteiger partial charge in [-0.2, -0.15) is 0 Å². The first kappa shape index (κ1) is 22.5. The minimum absolute atomic E-state index is 0.0167. The summed E-state index contributed by atoms with van der Waals surface area (Å²) in [6.45, 7) is 9.16. The molecule has 0 unspecified atom stereocenters. The molecule has 2 heterocycles. The average Bonchev–Trinajstić information content (AvgIpc) is 3.29. The number of hydrogen-bond donors (Lipinski definition) is 0. The van der Waals surface area contributed by atoms with E-state index in [-0.39, 0.29) is 5.41 Å². The van der Waals surface area contributed by atoms with Gasteiger partial charge in [0.2, 0.25) is 5.69 Å². The summed E-state index contributed by atoms with van der Waals surface area (Å²) < 4.78 is 13.3. The van der Waals surface area contributed by atoms with Gasteiger partial charge in [-0.05, 0) is 76.0 Å². The Balaban J connectivity index is 1.52. The summed E-state index contributed by atoms with van der Waals surface area (Å²) in [6.07, 6.45) is 2.18. The standard InChI is InChI=1S/C37H33N2/c1-24-27-12-6-7-13-29(27)33(37(2,3)4)23-32(24)36-28-19-18-26(22-25(28)20-21-38(36)5)39-34-16-10-8-14-30(34)31-15-9-11-17-35(31)39/h6-23H,1-5H3/q+1/i16D. The van der Waals surface area contributed by atoms with Gasteiger partial charge in [0.1, 0.15) is 7.05 Å². The molecule has 0 spiro atoms. The van der Waals surface area contributed by atoms with Gasteiger partial charge in [-0.3, -0.25) is 0 Å². The van der Waals surface area contributed by atoms with E-state index in [0.29, 0.717) is 6.04 Å². The van der Waals surface area contributed by atoms with E-state index >= 15 is 0 Å². The van der Waals surface area contributed by atoms with Gasteiger partial charge >= 0.3 is 0 Å². The van der Waals surface area contributed by atoms with Gasteiger partial charge in [0.05, 0.1) is 23.4 Å². The van der Waals surface area contributed by atoms with Crippen LogP contribution in [0.1, 0.15) is 33.3 Å². The Morgan fingerprint density at radius 3 is 2.13 bits per heavy atom. The minimum Gasteiger partial charge on any atom is -0.309 e. The summed E-state index contributed by atoms with van der Waals surface area (Å²) in [6, 6.07) is 35.2. The van der Waals surface area contributed by atoms with Crippen molar-refractivity contribution in [1.82, 2.24) is 4.57 Å². The van der Waals surface area contributed by atoms with E-state index in [1.807, 2.05) is 12.1 Å². The second kappa shape index (κ2) is 8.54. The third-order valence-corrected chi connectivity index (χ3v) is 8.25. The molecule has 0 radical (unpaired) electrons. The van der Waals surface area contributed by atoms with Crippen molar-refractivity contribution in [3.8, 4) is 16.9 Å². The molecule has 0 atom stereocenters. The van der Waals surface area contributed by atoms with Crippen LogP contribution in [0.4, 0.5) is 0 Å². The fourth-order valence-electron chi connectivity index (χ4n) is 6.34. The van der Waals surface area contributed by atoms with E-state index in [4.69, 9.17) is 1.37 Å². The number of benzene rings is 5. The fraction of sp³-hybridized carbons (Fsp3) is 0.162. The Hall–Kier alpha value is -4.43. The third-order valence-electron chi connectivity index (χ3n) is 8.25. The first-order valence-corrected chi connectivity index (χ1v) is 13.7. The van der Waals surface area contributed by atoms with E-state index in [2.05, 4.69) is 135 Å². The third kappa shape index (κ3) is 3.59. The number of para-hydroxylation sites is 2. The van der Waals surface area contributed by atoms with Crippen LogP contribution in [0.3, 0.4) is 0 Å². The van der Waals surface area contributed by atoms with Crippen molar-refractivity contribution in [2.24, 2.45) is 7.05 Å². The van der Waals surface area contributed by atoms with Gasteiger partial charge < -0.3 is 4.57 Å². The topological polar surface area (TPSA) is 8.81 Å². The molecule has 0 fully saturated rings. The first-order chi connectivity index (χ1) is 19.2. The smallest absolute Gasteiger partial charge is 0.220 e. The predicted molar refractivity (Wildman–Crippen MR) is 166 cm³/mol. The highest BCUT2D eigenvalue weighted by Crippen LogP contribution is 2.39. The van der Waals surface area contributed by atoms with Crippen molar-refractivity contribution in [2.45, 2.75) is 33.1 Å². The Labute approximate surface area is 231 Å². The zero-order valence-electron chi connectivity index (χ0n) is 24.2. The van der Waals surface area contributed by atoms with Gasteiger partial charge in [0.25, 0.3) is 0 Å². The normalized spacial score (nSPS) is 12.6. The molecule has 0 N–H and O–H groups in total. The molecule has 39 heavy (non-hydrogen) atoms. The van der Waals surface area contributed by atoms with E-state index in [1.165, 1.54) is 49.3 Å². The molecule has 190 valence electrons. The number of pyridine rings is 1. The molecule has 5 aromatic carbocycles. The molecule has 2 aromatic heterocycles. The molecule has 0 bridgehead atoms. The van der Waals surface area contributed by atoms with E-state index in [1.54, 1.807) is 0 Å². The van der Waals surface area contributed by atoms with Crippen LogP contribution < -0.4 is 4.57 Å². The maximum atomic E-state index is 8.76. The molecule has 0 aliphatic rings. The summed E-state index contributed by atoms with van der Waals surface area (Å²) in [5.41, 5.74) is 8.33. The summed E-state index contributed by atoms with van der Waals surface area (Å²) in [4.78, 5) is 0. The van der Waals surface area contributed by atoms with Gasteiger partial charge in [-0.15, -0.1) is 0 Å². The lowest BCUT2D eigenvalue weighted by Gasteiger charge is -2.24. The molecule has 0 amide bonds. The van der Waals surface area contributed by atoms with Gasteiger partial charge in [0, 0.05) is 22.5 Å². The van der Waals surface area contributed by atoms with Crippen molar-refractivity contribution in [3.05, 3.63) is 120 Å². The Morgan fingerprint density at radius 1 is 0.692 bits per heavy atom. The number of fused-ring (bicyclic) bond motifs is 5. The molecule has 0 aliphatic heterocycles. The van der Waals surface area contributed by atoms with Crippen LogP contribution >= 0.6 is 0 Å². The van der Waals surface area contributed by atoms with Crippen LogP contribution in [0.15, 0.2) is 109 Å². The summed E-state index contributed by atoms with van der Waals surface area (Å²) in [5.74, 6) is 0. The van der Waals surface area contributed by atoms with Crippen LogP contribution in [-0.2, 0) is 12.5 Å². The highest BCUT2D eigenvalue weighted by molar-refractivity contribution is 6.09. The summed E-state index contributed by atoms with van der Waals surface area (Å²) >= 11 is 0. The summed E-state index contributed by atoms with van der Waals surface area (Å²) in [5, 5.41) is 7.34. The lowest BCUT2D eigenvalue weighted by Crippen LogP contribution is -2.31. The zero-order chi connectivity index (χ0) is 27.8. The molecule has 7 aromatic rings. The molecule has 0 saturated carbocycles. The molecule has 0 saturated heterocycles. The lowest BCUT2D eigenvalue weighted by molar-refractivity contribution is -0.659. The van der Waals surface area contributed by atoms with E-state index in [0.717, 1.165) is 22.1 Å². The number of hydrogen-bond acceptors (Lipinski definition) is 0. The first-order valence-electron chi connectivity index (χ1n) is 14.2. The van der Waals surface area contributed by atoms with Crippen LogP contribution in [0.5, 0.6) is 0 Å². The summed E-state index contributed by atoms with van der Waals surface area (Å²) in [7, 11) is 2.15. The Kier molecular flexibility index (Phi) is 4.94. The number of rotatable bonds is 2.